The molecule has 2 nitrogen and oxygen atoms in total. The zero-order valence-corrected chi connectivity index (χ0v) is 12.5. The van der Waals surface area contributed by atoms with Crippen molar-refractivity contribution in [3.05, 3.63) is 34.9 Å². The maximum atomic E-state index is 10.1. The molecule has 0 saturated carbocycles. The van der Waals surface area contributed by atoms with Gasteiger partial charge in [-0.15, -0.1) is 0 Å². The van der Waals surface area contributed by atoms with Gasteiger partial charge in [-0.1, -0.05) is 30.7 Å². The minimum atomic E-state index is -0.419. The van der Waals surface area contributed by atoms with Crippen LogP contribution in [-0.4, -0.2) is 29.1 Å². The highest BCUT2D eigenvalue weighted by atomic mass is 35.5. The van der Waals surface area contributed by atoms with Gasteiger partial charge < -0.3 is 10.0 Å². The van der Waals surface area contributed by atoms with Crippen molar-refractivity contribution in [1.29, 1.82) is 0 Å². The summed E-state index contributed by atoms with van der Waals surface area (Å²) in [6.07, 6.45) is 1.42. The van der Waals surface area contributed by atoms with Crippen LogP contribution in [0.5, 0.6) is 0 Å². The van der Waals surface area contributed by atoms with Crippen LogP contribution >= 0.6 is 11.6 Å². The number of rotatable bonds is 6. The molecule has 0 aliphatic heterocycles. The lowest BCUT2D eigenvalue weighted by Gasteiger charge is -2.35. The summed E-state index contributed by atoms with van der Waals surface area (Å²) in [5, 5.41) is 10.8. The molecule has 0 aliphatic carbocycles. The van der Waals surface area contributed by atoms with Crippen molar-refractivity contribution in [3.63, 3.8) is 0 Å². The Morgan fingerprint density at radius 2 is 1.83 bits per heavy atom. The van der Waals surface area contributed by atoms with E-state index in [4.69, 9.17) is 11.6 Å². The van der Waals surface area contributed by atoms with Crippen LogP contribution in [0.25, 0.3) is 0 Å². The third-order valence-electron chi connectivity index (χ3n) is 3.89. The average molecular weight is 270 g/mol. The van der Waals surface area contributed by atoms with Gasteiger partial charge in [0.15, 0.2) is 0 Å². The van der Waals surface area contributed by atoms with Gasteiger partial charge in [-0.25, -0.2) is 0 Å². The molecule has 0 aromatic heterocycles. The molecular formula is C15H24ClNO. The van der Waals surface area contributed by atoms with Gasteiger partial charge in [-0.2, -0.15) is 0 Å². The molecule has 1 N–H and O–H groups in total. The Hall–Kier alpha value is -0.570. The predicted octanol–water partition coefficient (Wildman–Crippen LogP) is 3.88. The minimum Gasteiger partial charge on any atom is -0.388 e. The van der Waals surface area contributed by atoms with Crippen LogP contribution in [-0.2, 0) is 0 Å². The number of benzene rings is 1. The smallest absolute Gasteiger partial charge is 0.0802 e. The molecule has 1 aromatic rings. The van der Waals surface area contributed by atoms with Gasteiger partial charge >= 0.3 is 0 Å². The summed E-state index contributed by atoms with van der Waals surface area (Å²) in [4.78, 5) is 2.30. The number of halogens is 1. The molecule has 18 heavy (non-hydrogen) atoms. The van der Waals surface area contributed by atoms with E-state index in [0.29, 0.717) is 5.02 Å². The van der Waals surface area contributed by atoms with Gasteiger partial charge in [0, 0.05) is 17.1 Å². The fourth-order valence-electron chi connectivity index (χ4n) is 1.74. The van der Waals surface area contributed by atoms with Gasteiger partial charge in [0.1, 0.15) is 0 Å². The lowest BCUT2D eigenvalue weighted by atomic mass is 9.99. The first-order valence-electron chi connectivity index (χ1n) is 6.51. The zero-order valence-electron chi connectivity index (χ0n) is 11.8. The molecule has 1 rings (SSSR count). The molecule has 0 saturated heterocycles. The summed E-state index contributed by atoms with van der Waals surface area (Å²) in [6.45, 7) is 7.51. The number of hydrogen-bond acceptors (Lipinski definition) is 2. The van der Waals surface area contributed by atoms with Gasteiger partial charge in [-0.3, -0.25) is 0 Å². The third kappa shape index (κ3) is 4.27. The molecule has 0 bridgehead atoms. The normalized spacial score (nSPS) is 13.9. The second kappa shape index (κ2) is 6.55. The first-order chi connectivity index (χ1) is 8.36. The van der Waals surface area contributed by atoms with E-state index < -0.39 is 6.10 Å². The first kappa shape index (κ1) is 15.5. The second-order valence-electron chi connectivity index (χ2n) is 5.44. The number of hydrogen-bond donors (Lipinski definition) is 1. The lowest BCUT2D eigenvalue weighted by Crippen LogP contribution is -2.41. The molecule has 0 radical (unpaired) electrons. The van der Waals surface area contributed by atoms with E-state index in [1.54, 1.807) is 0 Å². The molecule has 1 unspecified atom stereocenters. The summed E-state index contributed by atoms with van der Waals surface area (Å²) in [6, 6.07) is 7.41. The molecule has 0 amide bonds. The van der Waals surface area contributed by atoms with Crippen molar-refractivity contribution >= 4 is 11.6 Å². The van der Waals surface area contributed by atoms with Crippen LogP contribution in [0.15, 0.2) is 24.3 Å². The second-order valence-corrected chi connectivity index (χ2v) is 5.88. The van der Waals surface area contributed by atoms with E-state index >= 15 is 0 Å². The predicted molar refractivity (Wildman–Crippen MR) is 78.0 cm³/mol. The topological polar surface area (TPSA) is 23.5 Å². The van der Waals surface area contributed by atoms with Crippen molar-refractivity contribution in [1.82, 2.24) is 4.90 Å². The van der Waals surface area contributed by atoms with Crippen molar-refractivity contribution in [2.24, 2.45) is 0 Å². The van der Waals surface area contributed by atoms with E-state index in [1.807, 2.05) is 24.3 Å². The van der Waals surface area contributed by atoms with Gasteiger partial charge in [0.2, 0.25) is 0 Å². The largest absolute Gasteiger partial charge is 0.388 e. The van der Waals surface area contributed by atoms with Gasteiger partial charge in [-0.05, 0) is 51.4 Å². The highest BCUT2D eigenvalue weighted by molar-refractivity contribution is 6.30. The van der Waals surface area contributed by atoms with E-state index in [9.17, 15) is 5.11 Å². The zero-order chi connectivity index (χ0) is 13.8. The lowest BCUT2D eigenvalue weighted by molar-refractivity contribution is 0.105. The Bertz CT molecular complexity index is 361. The molecule has 1 aromatic carbocycles. The van der Waals surface area contributed by atoms with E-state index in [2.05, 4.69) is 32.7 Å². The quantitative estimate of drug-likeness (QED) is 0.847. The van der Waals surface area contributed by atoms with Gasteiger partial charge in [0.05, 0.1) is 6.10 Å². The summed E-state index contributed by atoms with van der Waals surface area (Å²) in [5.74, 6) is 0. The fraction of sp³-hybridized carbons (Fsp3) is 0.600. The monoisotopic (exact) mass is 269 g/mol. The molecule has 1 atom stereocenters. The standard InChI is InChI=1S/C15H24ClNO/c1-5-15(2,3)17(4)11-10-14(18)12-6-8-13(16)9-7-12/h6-9,14,18H,5,10-11H2,1-4H3. The molecule has 0 fully saturated rings. The maximum absolute atomic E-state index is 10.1. The van der Waals surface area contributed by atoms with Crippen molar-refractivity contribution in [2.45, 2.75) is 45.3 Å². The Morgan fingerprint density at radius 3 is 2.33 bits per heavy atom. The van der Waals surface area contributed by atoms with E-state index in [0.717, 1.165) is 24.9 Å². The fourth-order valence-corrected chi connectivity index (χ4v) is 1.87. The SMILES string of the molecule is CCC(C)(C)N(C)CCC(O)c1ccc(Cl)cc1. The third-order valence-corrected chi connectivity index (χ3v) is 4.14. The van der Waals surface area contributed by atoms with Crippen molar-refractivity contribution in [2.75, 3.05) is 13.6 Å². The Balaban J connectivity index is 2.51. The van der Waals surface area contributed by atoms with Crippen LogP contribution in [0.1, 0.15) is 45.3 Å². The van der Waals surface area contributed by atoms with Crippen LogP contribution < -0.4 is 0 Å². The molecule has 0 spiro atoms. The summed E-state index contributed by atoms with van der Waals surface area (Å²) < 4.78 is 0. The molecule has 0 heterocycles. The van der Waals surface area contributed by atoms with Crippen LogP contribution in [0.2, 0.25) is 5.02 Å². The molecule has 3 heteroatoms. The Kier molecular flexibility index (Phi) is 5.64. The molecule has 102 valence electrons. The van der Waals surface area contributed by atoms with E-state index in [1.165, 1.54) is 0 Å². The minimum absolute atomic E-state index is 0.180. The average Bonchev–Trinajstić information content (AvgIpc) is 2.36. The maximum Gasteiger partial charge on any atom is 0.0802 e. The summed E-state index contributed by atoms with van der Waals surface area (Å²) in [5.41, 5.74) is 1.11. The Morgan fingerprint density at radius 1 is 1.28 bits per heavy atom. The van der Waals surface area contributed by atoms with Gasteiger partial charge in [0.25, 0.3) is 0 Å². The number of aliphatic hydroxyl groups is 1. The van der Waals surface area contributed by atoms with Crippen molar-refractivity contribution in [3.8, 4) is 0 Å². The summed E-state index contributed by atoms with van der Waals surface area (Å²) >= 11 is 5.83. The van der Waals surface area contributed by atoms with Crippen molar-refractivity contribution < 1.29 is 5.11 Å². The summed E-state index contributed by atoms with van der Waals surface area (Å²) in [7, 11) is 2.11. The highest BCUT2D eigenvalue weighted by Crippen LogP contribution is 2.22. The Labute approximate surface area is 116 Å². The molecular weight excluding hydrogens is 246 g/mol. The van der Waals surface area contributed by atoms with E-state index in [-0.39, 0.29) is 5.54 Å². The number of nitrogens with zero attached hydrogens (tertiary/aromatic N) is 1. The number of aliphatic hydroxyl groups excluding tert-OH is 1. The molecule has 0 aliphatic rings. The first-order valence-corrected chi connectivity index (χ1v) is 6.89. The van der Waals surface area contributed by atoms with Crippen LogP contribution in [0, 0.1) is 0 Å². The van der Waals surface area contributed by atoms with Crippen LogP contribution in [0.4, 0.5) is 0 Å². The van der Waals surface area contributed by atoms with Crippen LogP contribution in [0.3, 0.4) is 0 Å². The highest BCUT2D eigenvalue weighted by Gasteiger charge is 2.21.